The SMILES string of the molecule is COc1ccc(COCCc2c(/C=N/S(=O)c3ccc(C)cc3)n(Cc3ccc(OC)cc3)c3ccccc23)cc1. The third-order valence-corrected chi connectivity index (χ3v) is 8.01. The molecule has 210 valence electrons. The fourth-order valence-corrected chi connectivity index (χ4v) is 5.47. The van der Waals surface area contributed by atoms with Gasteiger partial charge in [-0.3, -0.25) is 0 Å². The number of aryl methyl sites for hydroxylation is 1. The molecule has 0 N–H and O–H groups in total. The maximum atomic E-state index is 13.1. The van der Waals surface area contributed by atoms with Crippen LogP contribution in [0.2, 0.25) is 0 Å². The minimum atomic E-state index is -1.52. The van der Waals surface area contributed by atoms with E-state index in [0.717, 1.165) is 50.3 Å². The normalized spacial score (nSPS) is 12.2. The molecule has 1 heterocycles. The predicted molar refractivity (Wildman–Crippen MR) is 166 cm³/mol. The van der Waals surface area contributed by atoms with Crippen LogP contribution >= 0.6 is 0 Å². The van der Waals surface area contributed by atoms with Crippen molar-refractivity contribution in [1.82, 2.24) is 4.57 Å². The van der Waals surface area contributed by atoms with Crippen molar-refractivity contribution in [1.29, 1.82) is 0 Å². The number of para-hydroxylation sites is 1. The number of fused-ring (bicyclic) bond motifs is 1. The zero-order chi connectivity index (χ0) is 28.6. The molecule has 0 spiro atoms. The largest absolute Gasteiger partial charge is 0.497 e. The molecule has 1 unspecified atom stereocenters. The van der Waals surface area contributed by atoms with Crippen LogP contribution in [0.3, 0.4) is 0 Å². The Morgan fingerprint density at radius 1 is 0.805 bits per heavy atom. The van der Waals surface area contributed by atoms with Crippen LogP contribution in [0.15, 0.2) is 106 Å². The monoisotopic (exact) mass is 566 g/mol. The summed E-state index contributed by atoms with van der Waals surface area (Å²) in [6.45, 7) is 3.69. The quantitative estimate of drug-likeness (QED) is 0.122. The van der Waals surface area contributed by atoms with Gasteiger partial charge in [0.25, 0.3) is 0 Å². The van der Waals surface area contributed by atoms with Crippen LogP contribution in [-0.2, 0) is 35.3 Å². The molecule has 5 rings (SSSR count). The van der Waals surface area contributed by atoms with Gasteiger partial charge in [0.15, 0.2) is 11.0 Å². The third kappa shape index (κ3) is 6.93. The second-order valence-corrected chi connectivity index (χ2v) is 10.9. The summed E-state index contributed by atoms with van der Waals surface area (Å²) in [5.74, 6) is 1.64. The van der Waals surface area contributed by atoms with E-state index in [-0.39, 0.29) is 0 Å². The Balaban J connectivity index is 1.45. The van der Waals surface area contributed by atoms with E-state index >= 15 is 0 Å². The Bertz CT molecular complexity index is 1640. The van der Waals surface area contributed by atoms with Crippen molar-refractivity contribution in [3.63, 3.8) is 0 Å². The van der Waals surface area contributed by atoms with E-state index in [1.807, 2.05) is 79.7 Å². The number of hydrogen-bond donors (Lipinski definition) is 0. The number of aromatic nitrogens is 1. The number of rotatable bonds is 12. The first-order chi connectivity index (χ1) is 20.1. The molecular formula is C34H34N2O4S. The summed E-state index contributed by atoms with van der Waals surface area (Å²) in [6.07, 6.45) is 2.45. The molecule has 1 aromatic heterocycles. The van der Waals surface area contributed by atoms with Gasteiger partial charge in [-0.25, -0.2) is 4.21 Å². The molecule has 7 heteroatoms. The molecule has 0 bridgehead atoms. The number of ether oxygens (including phenoxy) is 3. The third-order valence-electron chi connectivity index (χ3n) is 7.04. The van der Waals surface area contributed by atoms with E-state index in [1.54, 1.807) is 20.4 Å². The van der Waals surface area contributed by atoms with Crippen LogP contribution in [0.4, 0.5) is 0 Å². The van der Waals surface area contributed by atoms with Gasteiger partial charge in [-0.15, -0.1) is 0 Å². The molecule has 0 saturated carbocycles. The molecule has 1 atom stereocenters. The van der Waals surface area contributed by atoms with Crippen molar-refractivity contribution in [2.24, 2.45) is 4.40 Å². The number of nitrogens with zero attached hydrogens (tertiary/aromatic N) is 2. The lowest BCUT2D eigenvalue weighted by Crippen LogP contribution is -2.07. The Morgan fingerprint density at radius 3 is 2.10 bits per heavy atom. The maximum absolute atomic E-state index is 13.1. The summed E-state index contributed by atoms with van der Waals surface area (Å²) in [5.41, 5.74) is 6.47. The van der Waals surface area contributed by atoms with Gasteiger partial charge in [0.05, 0.1) is 44.2 Å². The smallest absolute Gasteiger partial charge is 0.172 e. The summed E-state index contributed by atoms with van der Waals surface area (Å²) in [7, 11) is 1.81. The van der Waals surface area contributed by atoms with Crippen molar-refractivity contribution in [3.8, 4) is 11.5 Å². The first-order valence-corrected chi connectivity index (χ1v) is 14.6. The Kier molecular flexibility index (Phi) is 9.29. The number of methoxy groups -OCH3 is 2. The highest BCUT2D eigenvalue weighted by Crippen LogP contribution is 2.28. The molecule has 0 fully saturated rings. The summed E-state index contributed by atoms with van der Waals surface area (Å²) in [6, 6.07) is 31.9. The van der Waals surface area contributed by atoms with Crippen LogP contribution in [0.25, 0.3) is 10.9 Å². The fraction of sp³-hybridized carbons (Fsp3) is 0.206. The highest BCUT2D eigenvalue weighted by Gasteiger charge is 2.17. The van der Waals surface area contributed by atoms with Gasteiger partial charge in [0, 0.05) is 17.4 Å². The topological polar surface area (TPSA) is 62.0 Å². The first kappa shape index (κ1) is 28.3. The van der Waals surface area contributed by atoms with Crippen LogP contribution < -0.4 is 9.47 Å². The van der Waals surface area contributed by atoms with E-state index in [9.17, 15) is 4.21 Å². The standard InChI is InChI=1S/C34H34N2O4S/c1-25-8-18-30(19-9-25)41(37)35-22-34-32(20-21-40-24-27-12-16-29(39-3)17-13-27)31-6-4-5-7-33(31)36(34)23-26-10-14-28(38-2)15-11-26/h4-19,22H,20-21,23-24H2,1-3H3/b35-22+. The highest BCUT2D eigenvalue weighted by molar-refractivity contribution is 7.83. The molecule has 0 aliphatic heterocycles. The Labute approximate surface area is 243 Å². The summed E-state index contributed by atoms with van der Waals surface area (Å²) >= 11 is 0. The Hall–Kier alpha value is -4.20. The average molecular weight is 567 g/mol. The van der Waals surface area contributed by atoms with Crippen molar-refractivity contribution < 1.29 is 18.4 Å². The fourth-order valence-electron chi connectivity index (χ4n) is 4.79. The summed E-state index contributed by atoms with van der Waals surface area (Å²) < 4.78 is 36.6. The second-order valence-electron chi connectivity index (χ2n) is 9.76. The molecule has 0 radical (unpaired) electrons. The lowest BCUT2D eigenvalue weighted by Gasteiger charge is -2.11. The molecule has 41 heavy (non-hydrogen) atoms. The van der Waals surface area contributed by atoms with Gasteiger partial charge in [-0.1, -0.05) is 60.2 Å². The zero-order valence-electron chi connectivity index (χ0n) is 23.6. The van der Waals surface area contributed by atoms with Gasteiger partial charge < -0.3 is 18.8 Å². The highest BCUT2D eigenvalue weighted by atomic mass is 32.2. The lowest BCUT2D eigenvalue weighted by molar-refractivity contribution is 0.124. The van der Waals surface area contributed by atoms with Gasteiger partial charge in [0.1, 0.15) is 11.5 Å². The molecule has 0 aliphatic rings. The van der Waals surface area contributed by atoms with E-state index in [2.05, 4.69) is 33.2 Å². The first-order valence-electron chi connectivity index (χ1n) is 13.5. The van der Waals surface area contributed by atoms with Crippen LogP contribution in [-0.4, -0.2) is 35.8 Å². The lowest BCUT2D eigenvalue weighted by atomic mass is 10.1. The molecule has 6 nitrogen and oxygen atoms in total. The maximum Gasteiger partial charge on any atom is 0.172 e. The molecule has 4 aromatic carbocycles. The minimum absolute atomic E-state index is 0.509. The van der Waals surface area contributed by atoms with E-state index in [1.165, 1.54) is 0 Å². The second kappa shape index (κ2) is 13.4. The van der Waals surface area contributed by atoms with Crippen LogP contribution in [0.1, 0.15) is 27.9 Å². The van der Waals surface area contributed by atoms with E-state index < -0.39 is 11.0 Å². The molecule has 0 aliphatic carbocycles. The minimum Gasteiger partial charge on any atom is -0.497 e. The molecule has 5 aromatic rings. The van der Waals surface area contributed by atoms with Gasteiger partial charge in [-0.2, -0.15) is 4.40 Å². The average Bonchev–Trinajstić information content (AvgIpc) is 3.31. The van der Waals surface area contributed by atoms with Gasteiger partial charge in [0.2, 0.25) is 0 Å². The number of hydrogen-bond acceptors (Lipinski definition) is 4. The van der Waals surface area contributed by atoms with Crippen molar-refractivity contribution in [2.75, 3.05) is 20.8 Å². The van der Waals surface area contributed by atoms with Crippen LogP contribution in [0.5, 0.6) is 11.5 Å². The molecule has 0 saturated heterocycles. The predicted octanol–water partition coefficient (Wildman–Crippen LogP) is 6.92. The zero-order valence-corrected chi connectivity index (χ0v) is 24.4. The number of benzene rings is 4. The van der Waals surface area contributed by atoms with Gasteiger partial charge in [-0.05, 0) is 72.5 Å². The van der Waals surface area contributed by atoms with E-state index in [0.29, 0.717) is 31.1 Å². The summed E-state index contributed by atoms with van der Waals surface area (Å²) in [5, 5.41) is 1.14. The van der Waals surface area contributed by atoms with Gasteiger partial charge >= 0.3 is 0 Å². The van der Waals surface area contributed by atoms with E-state index in [4.69, 9.17) is 14.2 Å². The summed E-state index contributed by atoms with van der Waals surface area (Å²) in [4.78, 5) is 0.675. The van der Waals surface area contributed by atoms with Crippen LogP contribution in [0, 0.1) is 6.92 Å². The van der Waals surface area contributed by atoms with Crippen molar-refractivity contribution >= 4 is 28.1 Å². The molecule has 0 amide bonds. The van der Waals surface area contributed by atoms with Crippen molar-refractivity contribution in [2.45, 2.75) is 31.4 Å². The molecular weight excluding hydrogens is 532 g/mol. The van der Waals surface area contributed by atoms with Crippen molar-refractivity contribution in [3.05, 3.63) is 125 Å². The Morgan fingerprint density at radius 2 is 1.44 bits per heavy atom.